The van der Waals surface area contributed by atoms with E-state index in [1.54, 1.807) is 43.3 Å². The Morgan fingerprint density at radius 3 is 2.25 bits per heavy atom. The molecule has 1 heterocycles. The molecule has 0 aliphatic carbocycles. The zero-order valence-corrected chi connectivity index (χ0v) is 20.6. The van der Waals surface area contributed by atoms with Gasteiger partial charge in [0.15, 0.2) is 5.13 Å². The molecule has 4 aromatic rings. The zero-order chi connectivity index (χ0) is 25.7. The number of carbonyl (C=O) groups excluding carboxylic acids is 3. The van der Waals surface area contributed by atoms with Crippen LogP contribution in [-0.2, 0) is 4.79 Å². The van der Waals surface area contributed by atoms with Gasteiger partial charge in [0.05, 0.1) is 12.2 Å². The van der Waals surface area contributed by atoms with Crippen LogP contribution in [0.3, 0.4) is 0 Å². The molecule has 0 unspecified atom stereocenters. The van der Waals surface area contributed by atoms with Gasteiger partial charge < -0.3 is 21.3 Å². The summed E-state index contributed by atoms with van der Waals surface area (Å²) in [6.45, 7) is -0.181. The molecule has 0 fully saturated rings. The highest BCUT2D eigenvalue weighted by atomic mass is 32.1. The first-order chi connectivity index (χ1) is 17.3. The molecule has 0 spiro atoms. The molecule has 0 atom stereocenters. The summed E-state index contributed by atoms with van der Waals surface area (Å²) < 4.78 is 0. The van der Waals surface area contributed by atoms with Crippen LogP contribution >= 0.6 is 11.3 Å². The number of aromatic nitrogens is 1. The molecule has 0 aliphatic heterocycles. The summed E-state index contributed by atoms with van der Waals surface area (Å²) in [6.07, 6.45) is 0. The summed E-state index contributed by atoms with van der Waals surface area (Å²) in [5.41, 5.74) is 10.8. The second-order valence-corrected chi connectivity index (χ2v) is 9.11. The zero-order valence-electron chi connectivity index (χ0n) is 19.8. The van der Waals surface area contributed by atoms with E-state index in [1.807, 2.05) is 53.9 Å². The van der Waals surface area contributed by atoms with Gasteiger partial charge in [0.25, 0.3) is 11.8 Å². The molecule has 36 heavy (non-hydrogen) atoms. The molecule has 182 valence electrons. The van der Waals surface area contributed by atoms with Crippen molar-refractivity contribution >= 4 is 39.9 Å². The van der Waals surface area contributed by atoms with Crippen LogP contribution in [0.15, 0.2) is 78.2 Å². The Kier molecular flexibility index (Phi) is 7.41. The first kappa shape index (κ1) is 24.6. The van der Waals surface area contributed by atoms with Crippen molar-refractivity contribution < 1.29 is 14.4 Å². The predicted octanol–water partition coefficient (Wildman–Crippen LogP) is 4.13. The van der Waals surface area contributed by atoms with Gasteiger partial charge in [0, 0.05) is 41.9 Å². The Morgan fingerprint density at radius 1 is 0.889 bits per heavy atom. The van der Waals surface area contributed by atoms with Crippen molar-refractivity contribution in [2.45, 2.75) is 0 Å². The average molecular weight is 500 g/mol. The number of nitrogens with two attached hydrogens (primary N) is 1. The van der Waals surface area contributed by atoms with Crippen molar-refractivity contribution in [1.82, 2.24) is 15.2 Å². The van der Waals surface area contributed by atoms with Gasteiger partial charge in [-0.1, -0.05) is 30.3 Å². The molecular weight excluding hydrogens is 474 g/mol. The summed E-state index contributed by atoms with van der Waals surface area (Å²) in [5, 5.41) is 7.60. The summed E-state index contributed by atoms with van der Waals surface area (Å²) in [4.78, 5) is 42.7. The predicted molar refractivity (Wildman–Crippen MR) is 143 cm³/mol. The van der Waals surface area contributed by atoms with Crippen molar-refractivity contribution in [1.29, 1.82) is 0 Å². The highest BCUT2D eigenvalue weighted by Crippen LogP contribution is 2.29. The number of nitrogens with zero attached hydrogens (tertiary/aromatic N) is 2. The molecule has 0 saturated carbocycles. The maximum Gasteiger partial charge on any atom is 0.253 e. The lowest BCUT2D eigenvalue weighted by molar-refractivity contribution is -0.115. The van der Waals surface area contributed by atoms with Crippen molar-refractivity contribution in [2.24, 2.45) is 0 Å². The Labute approximate surface area is 212 Å². The molecule has 0 bridgehead atoms. The minimum atomic E-state index is -0.374. The maximum absolute atomic E-state index is 12.3. The first-order valence-electron chi connectivity index (χ1n) is 11.1. The molecule has 8 nitrogen and oxygen atoms in total. The van der Waals surface area contributed by atoms with Crippen LogP contribution in [0.25, 0.3) is 22.4 Å². The number of nitrogens with one attached hydrogen (secondary N) is 2. The topological polar surface area (TPSA) is 117 Å². The molecule has 4 rings (SSSR count). The number of amides is 3. The van der Waals surface area contributed by atoms with E-state index < -0.39 is 0 Å². The number of hydrogen-bond donors (Lipinski definition) is 3. The van der Waals surface area contributed by atoms with Gasteiger partial charge in [-0.15, -0.1) is 11.3 Å². The summed E-state index contributed by atoms with van der Waals surface area (Å²) in [6, 6.07) is 21.8. The largest absolute Gasteiger partial charge is 0.399 e. The number of carbonyl (C=O) groups is 3. The van der Waals surface area contributed by atoms with Gasteiger partial charge >= 0.3 is 0 Å². The van der Waals surface area contributed by atoms with Crippen LogP contribution in [0, 0.1) is 0 Å². The molecule has 0 aliphatic rings. The van der Waals surface area contributed by atoms with Crippen molar-refractivity contribution in [3.8, 4) is 22.4 Å². The van der Waals surface area contributed by atoms with Crippen molar-refractivity contribution in [3.63, 3.8) is 0 Å². The van der Waals surface area contributed by atoms with Crippen LogP contribution in [0.2, 0.25) is 0 Å². The number of rotatable bonds is 7. The third-order valence-electron chi connectivity index (χ3n) is 5.36. The van der Waals surface area contributed by atoms with E-state index in [2.05, 4.69) is 15.6 Å². The van der Waals surface area contributed by atoms with E-state index >= 15 is 0 Å². The monoisotopic (exact) mass is 499 g/mol. The maximum atomic E-state index is 12.3. The summed E-state index contributed by atoms with van der Waals surface area (Å²) >= 11 is 1.30. The van der Waals surface area contributed by atoms with Crippen LogP contribution < -0.4 is 16.4 Å². The standard InChI is InChI=1S/C27H25N5O3S/c1-32(2)26(35)19-8-6-17(7-9-19)20-4-3-5-21(14-20)23-16-36-27(30-23)31-24(33)15-29-25(34)18-10-12-22(28)13-11-18/h3-14,16H,15,28H2,1-2H3,(H,29,34)(H,30,31,33). The molecular formula is C27H25N5O3S. The highest BCUT2D eigenvalue weighted by Gasteiger charge is 2.12. The van der Waals surface area contributed by atoms with E-state index in [0.717, 1.165) is 22.4 Å². The van der Waals surface area contributed by atoms with E-state index in [0.29, 0.717) is 21.9 Å². The van der Waals surface area contributed by atoms with E-state index in [4.69, 9.17) is 5.73 Å². The molecule has 9 heteroatoms. The van der Waals surface area contributed by atoms with Gasteiger partial charge in [0.1, 0.15) is 0 Å². The van der Waals surface area contributed by atoms with Crippen molar-refractivity contribution in [3.05, 3.63) is 89.3 Å². The second kappa shape index (κ2) is 10.8. The van der Waals surface area contributed by atoms with Crippen LogP contribution in [0.5, 0.6) is 0 Å². The van der Waals surface area contributed by atoms with Gasteiger partial charge in [-0.2, -0.15) is 0 Å². The summed E-state index contributed by atoms with van der Waals surface area (Å²) in [5.74, 6) is -0.779. The molecule has 0 saturated heterocycles. The van der Waals surface area contributed by atoms with Crippen molar-refractivity contribution in [2.75, 3.05) is 31.7 Å². The lowest BCUT2D eigenvalue weighted by Gasteiger charge is -2.11. The van der Waals surface area contributed by atoms with E-state index in [-0.39, 0.29) is 24.3 Å². The normalized spacial score (nSPS) is 10.5. The minimum absolute atomic E-state index is 0.0443. The van der Waals surface area contributed by atoms with E-state index in [1.165, 1.54) is 11.3 Å². The van der Waals surface area contributed by atoms with Gasteiger partial charge in [-0.05, 0) is 53.6 Å². The highest BCUT2D eigenvalue weighted by molar-refractivity contribution is 7.14. The fourth-order valence-corrected chi connectivity index (χ4v) is 4.18. The Balaban J connectivity index is 1.38. The molecule has 4 N–H and O–H groups in total. The number of hydrogen-bond acceptors (Lipinski definition) is 6. The van der Waals surface area contributed by atoms with Gasteiger partial charge in [-0.3, -0.25) is 14.4 Å². The van der Waals surface area contributed by atoms with Crippen LogP contribution in [-0.4, -0.2) is 48.2 Å². The third kappa shape index (κ3) is 5.94. The Hall–Kier alpha value is -4.50. The number of thiazole rings is 1. The molecule has 0 radical (unpaired) electrons. The number of nitrogen functional groups attached to an aromatic ring is 1. The van der Waals surface area contributed by atoms with Gasteiger partial charge in [0.2, 0.25) is 5.91 Å². The average Bonchev–Trinajstić information content (AvgIpc) is 3.36. The first-order valence-corrected chi connectivity index (χ1v) is 12.0. The lowest BCUT2D eigenvalue weighted by Crippen LogP contribution is -2.32. The van der Waals surface area contributed by atoms with Crippen LogP contribution in [0.4, 0.5) is 10.8 Å². The smallest absolute Gasteiger partial charge is 0.253 e. The molecule has 1 aromatic heterocycles. The fraction of sp³-hybridized carbons (Fsp3) is 0.111. The lowest BCUT2D eigenvalue weighted by atomic mass is 10.0. The number of anilines is 2. The molecule has 3 amide bonds. The Morgan fingerprint density at radius 2 is 1.56 bits per heavy atom. The molecule has 3 aromatic carbocycles. The van der Waals surface area contributed by atoms with Crippen LogP contribution in [0.1, 0.15) is 20.7 Å². The Bertz CT molecular complexity index is 1400. The minimum Gasteiger partial charge on any atom is -0.399 e. The summed E-state index contributed by atoms with van der Waals surface area (Å²) in [7, 11) is 3.45. The van der Waals surface area contributed by atoms with Gasteiger partial charge in [-0.25, -0.2) is 4.98 Å². The SMILES string of the molecule is CN(C)C(=O)c1ccc(-c2cccc(-c3csc(NC(=O)CNC(=O)c4ccc(N)cc4)n3)c2)cc1. The second-order valence-electron chi connectivity index (χ2n) is 8.25. The van der Waals surface area contributed by atoms with E-state index in [9.17, 15) is 14.4 Å². The number of benzene rings is 3. The third-order valence-corrected chi connectivity index (χ3v) is 6.12. The fourth-order valence-electron chi connectivity index (χ4n) is 3.45. The quantitative estimate of drug-likeness (QED) is 0.331.